The Morgan fingerprint density at radius 3 is 2.50 bits per heavy atom. The molecule has 1 heterocycles. The Morgan fingerprint density at radius 2 is 1.92 bits per heavy atom. The number of carbonyl (C=O) groups is 1. The third-order valence-corrected chi connectivity index (χ3v) is 3.28. The van der Waals surface area contributed by atoms with E-state index in [-0.39, 0.29) is 0 Å². The maximum atomic E-state index is 12.6. The van der Waals surface area contributed by atoms with Gasteiger partial charge in [-0.05, 0) is 52.0 Å². The van der Waals surface area contributed by atoms with Crippen molar-refractivity contribution in [3.63, 3.8) is 0 Å². The van der Waals surface area contributed by atoms with Crippen molar-refractivity contribution >= 4 is 5.97 Å². The van der Waals surface area contributed by atoms with E-state index in [1.807, 2.05) is 27.7 Å². The summed E-state index contributed by atoms with van der Waals surface area (Å²) in [6.45, 7) is 7.26. The molecule has 0 aliphatic rings. The Morgan fingerprint density at radius 1 is 1.21 bits per heavy atom. The van der Waals surface area contributed by atoms with Crippen LogP contribution in [0.2, 0.25) is 0 Å². The Kier molecular flexibility index (Phi) is 4.89. The summed E-state index contributed by atoms with van der Waals surface area (Å²) >= 11 is 0. The second-order valence-corrected chi connectivity index (χ2v) is 6.40. The topological polar surface area (TPSA) is 72.2 Å². The first kappa shape index (κ1) is 17.5. The molecule has 124 valence electrons. The van der Waals surface area contributed by atoms with Crippen LogP contribution < -0.4 is 4.74 Å². The summed E-state index contributed by atoms with van der Waals surface area (Å²) < 4.78 is 10.9. The molecule has 2 rings (SSSR count). The molecule has 0 spiro atoms. The van der Waals surface area contributed by atoms with Gasteiger partial charge in [0.05, 0.1) is 24.3 Å². The number of esters is 1. The monoisotopic (exact) mass is 324 g/mol. The Hall–Kier alpha value is -2.87. The van der Waals surface area contributed by atoms with Crippen LogP contribution in [0.15, 0.2) is 30.5 Å². The van der Waals surface area contributed by atoms with Gasteiger partial charge in [-0.15, -0.1) is 0 Å². The average Bonchev–Trinajstić information content (AvgIpc) is 2.52. The van der Waals surface area contributed by atoms with Crippen LogP contribution in [0.25, 0.3) is 11.1 Å². The van der Waals surface area contributed by atoms with Crippen LogP contribution in [0.4, 0.5) is 0 Å². The maximum absolute atomic E-state index is 12.6. The number of nitriles is 1. The largest absolute Gasteiger partial charge is 0.496 e. The molecule has 2 aromatic rings. The number of nitrogens with zero attached hydrogens (tertiary/aromatic N) is 2. The van der Waals surface area contributed by atoms with Gasteiger partial charge in [0.15, 0.2) is 0 Å². The minimum absolute atomic E-state index is 0.337. The fourth-order valence-electron chi connectivity index (χ4n) is 2.27. The highest BCUT2D eigenvalue weighted by molar-refractivity contribution is 5.98. The fourth-order valence-corrected chi connectivity index (χ4v) is 2.27. The summed E-state index contributed by atoms with van der Waals surface area (Å²) in [4.78, 5) is 16.8. The van der Waals surface area contributed by atoms with Gasteiger partial charge >= 0.3 is 5.97 Å². The third kappa shape index (κ3) is 3.90. The lowest BCUT2D eigenvalue weighted by Crippen LogP contribution is -2.24. The number of methoxy groups -OCH3 is 1. The molecule has 5 nitrogen and oxygen atoms in total. The summed E-state index contributed by atoms with van der Waals surface area (Å²) in [5, 5.41) is 9.16. The highest BCUT2D eigenvalue weighted by Gasteiger charge is 2.23. The maximum Gasteiger partial charge on any atom is 0.340 e. The summed E-state index contributed by atoms with van der Waals surface area (Å²) in [6, 6.07) is 8.97. The van der Waals surface area contributed by atoms with Crippen molar-refractivity contribution in [1.29, 1.82) is 5.26 Å². The number of aromatic nitrogens is 1. The zero-order valence-corrected chi connectivity index (χ0v) is 14.5. The second-order valence-electron chi connectivity index (χ2n) is 6.40. The van der Waals surface area contributed by atoms with Crippen LogP contribution >= 0.6 is 0 Å². The smallest absolute Gasteiger partial charge is 0.340 e. The first-order chi connectivity index (χ1) is 11.2. The van der Waals surface area contributed by atoms with Crippen LogP contribution in [0.5, 0.6) is 5.75 Å². The third-order valence-electron chi connectivity index (χ3n) is 3.28. The average molecular weight is 324 g/mol. The number of pyridine rings is 1. The predicted molar refractivity (Wildman–Crippen MR) is 90.8 cm³/mol. The van der Waals surface area contributed by atoms with Gasteiger partial charge in [0, 0.05) is 23.0 Å². The molecule has 0 saturated carbocycles. The van der Waals surface area contributed by atoms with E-state index < -0.39 is 11.6 Å². The molecular formula is C19H20N2O3. The Labute approximate surface area is 141 Å². The SMILES string of the molecule is COc1ccc(C#N)cc1-c1cc(C)ncc1C(=O)OC(C)(C)C. The van der Waals surface area contributed by atoms with Crippen LogP contribution in [-0.2, 0) is 4.74 Å². The zero-order valence-electron chi connectivity index (χ0n) is 14.5. The van der Waals surface area contributed by atoms with Gasteiger partial charge in [-0.3, -0.25) is 4.98 Å². The lowest BCUT2D eigenvalue weighted by molar-refractivity contribution is 0.00700. The molecule has 0 amide bonds. The normalized spacial score (nSPS) is 10.8. The second kappa shape index (κ2) is 6.71. The molecule has 0 radical (unpaired) electrons. The lowest BCUT2D eigenvalue weighted by atomic mass is 9.98. The number of aryl methyl sites for hydroxylation is 1. The highest BCUT2D eigenvalue weighted by Crippen LogP contribution is 2.34. The summed E-state index contributed by atoms with van der Waals surface area (Å²) in [6.07, 6.45) is 1.50. The van der Waals surface area contributed by atoms with Gasteiger partial charge in [0.2, 0.25) is 0 Å². The van der Waals surface area contributed by atoms with E-state index in [1.54, 1.807) is 31.4 Å². The highest BCUT2D eigenvalue weighted by atomic mass is 16.6. The first-order valence-corrected chi connectivity index (χ1v) is 7.53. The van der Waals surface area contributed by atoms with Gasteiger partial charge in [0.25, 0.3) is 0 Å². The molecule has 0 N–H and O–H groups in total. The van der Waals surface area contributed by atoms with Crippen molar-refractivity contribution in [3.8, 4) is 22.9 Å². The minimum Gasteiger partial charge on any atom is -0.496 e. The van der Waals surface area contributed by atoms with Crippen molar-refractivity contribution in [2.45, 2.75) is 33.3 Å². The molecule has 0 aliphatic carbocycles. The molecule has 0 unspecified atom stereocenters. The van der Waals surface area contributed by atoms with E-state index in [9.17, 15) is 4.79 Å². The van der Waals surface area contributed by atoms with Crippen molar-refractivity contribution in [2.75, 3.05) is 7.11 Å². The van der Waals surface area contributed by atoms with E-state index in [0.29, 0.717) is 28.0 Å². The lowest BCUT2D eigenvalue weighted by Gasteiger charge is -2.21. The van der Waals surface area contributed by atoms with Crippen LogP contribution in [0, 0.1) is 18.3 Å². The van der Waals surface area contributed by atoms with Gasteiger partial charge < -0.3 is 9.47 Å². The number of rotatable bonds is 3. The quantitative estimate of drug-likeness (QED) is 0.801. The Bertz CT molecular complexity index is 814. The van der Waals surface area contributed by atoms with Gasteiger partial charge in [0.1, 0.15) is 11.4 Å². The van der Waals surface area contributed by atoms with Crippen molar-refractivity contribution in [2.24, 2.45) is 0 Å². The van der Waals surface area contributed by atoms with Crippen molar-refractivity contribution < 1.29 is 14.3 Å². The number of carbonyl (C=O) groups excluding carboxylic acids is 1. The number of benzene rings is 1. The van der Waals surface area contributed by atoms with Gasteiger partial charge in [-0.25, -0.2) is 4.79 Å². The molecular weight excluding hydrogens is 304 g/mol. The van der Waals surface area contributed by atoms with Gasteiger partial charge in [-0.1, -0.05) is 0 Å². The number of hydrogen-bond donors (Lipinski definition) is 0. The van der Waals surface area contributed by atoms with Crippen LogP contribution in [0.3, 0.4) is 0 Å². The van der Waals surface area contributed by atoms with E-state index in [0.717, 1.165) is 5.69 Å². The number of ether oxygens (including phenoxy) is 2. The van der Waals surface area contributed by atoms with Crippen molar-refractivity contribution in [3.05, 3.63) is 47.3 Å². The Balaban J connectivity index is 2.65. The number of hydrogen-bond acceptors (Lipinski definition) is 5. The minimum atomic E-state index is -0.613. The predicted octanol–water partition coefficient (Wildman–Crippen LogP) is 3.89. The summed E-state index contributed by atoms with van der Waals surface area (Å²) in [5.74, 6) is 0.110. The van der Waals surface area contributed by atoms with Crippen LogP contribution in [-0.4, -0.2) is 23.7 Å². The molecule has 1 aromatic heterocycles. The van der Waals surface area contributed by atoms with E-state index in [1.165, 1.54) is 6.20 Å². The molecule has 0 fully saturated rings. The molecule has 0 aliphatic heterocycles. The molecule has 0 bridgehead atoms. The molecule has 24 heavy (non-hydrogen) atoms. The summed E-state index contributed by atoms with van der Waals surface area (Å²) in [7, 11) is 1.55. The van der Waals surface area contributed by atoms with E-state index >= 15 is 0 Å². The molecule has 1 aromatic carbocycles. The fraction of sp³-hybridized carbons (Fsp3) is 0.316. The van der Waals surface area contributed by atoms with Crippen LogP contribution in [0.1, 0.15) is 42.4 Å². The van der Waals surface area contributed by atoms with Gasteiger partial charge in [-0.2, -0.15) is 5.26 Å². The van der Waals surface area contributed by atoms with E-state index in [4.69, 9.17) is 14.7 Å². The molecule has 0 saturated heterocycles. The standard InChI is InChI=1S/C19H20N2O3/c1-12-8-14(15-9-13(10-20)6-7-17(15)23-5)16(11-21-12)18(22)24-19(2,3)4/h6-9,11H,1-5H3. The van der Waals surface area contributed by atoms with E-state index in [2.05, 4.69) is 11.1 Å². The summed E-state index contributed by atoms with van der Waals surface area (Å²) in [5.41, 5.74) is 2.24. The van der Waals surface area contributed by atoms with Crippen molar-refractivity contribution in [1.82, 2.24) is 4.98 Å². The zero-order chi connectivity index (χ0) is 17.9. The first-order valence-electron chi connectivity index (χ1n) is 7.53. The molecule has 0 atom stereocenters. The molecule has 5 heteroatoms.